The fraction of sp³-hybridized carbons (Fsp3) is 0.692. The van der Waals surface area contributed by atoms with Crippen LogP contribution in [0.4, 0.5) is 0 Å². The molecule has 0 aromatic heterocycles. The van der Waals surface area contributed by atoms with Crippen LogP contribution < -0.4 is 0 Å². The second-order valence-electron chi connectivity index (χ2n) is 5.27. The van der Waals surface area contributed by atoms with Gasteiger partial charge in [0.25, 0.3) is 0 Å². The minimum Gasteiger partial charge on any atom is -0.389 e. The average Bonchev–Trinajstić information content (AvgIpc) is 1.98. The lowest BCUT2D eigenvalue weighted by Crippen LogP contribution is -2.32. The SMILES string of the molecule is CC1=C[C@@H](O)CC(C)(C)[C@H]1/C=C/[C@H](C)O. The van der Waals surface area contributed by atoms with Crippen molar-refractivity contribution in [2.24, 2.45) is 11.3 Å². The Bertz CT molecular complexity index is 274. The van der Waals surface area contributed by atoms with Crippen molar-refractivity contribution >= 4 is 0 Å². The van der Waals surface area contributed by atoms with E-state index in [0.29, 0.717) is 5.92 Å². The van der Waals surface area contributed by atoms with Gasteiger partial charge in [-0.25, -0.2) is 0 Å². The first-order valence-electron chi connectivity index (χ1n) is 5.55. The summed E-state index contributed by atoms with van der Waals surface area (Å²) in [6.07, 6.45) is 5.85. The van der Waals surface area contributed by atoms with Crippen LogP contribution >= 0.6 is 0 Å². The third-order valence-electron chi connectivity index (χ3n) is 3.11. The molecule has 0 bridgehead atoms. The van der Waals surface area contributed by atoms with Crippen LogP contribution in [0, 0.1) is 11.3 Å². The molecule has 0 aliphatic heterocycles. The average molecular weight is 210 g/mol. The number of rotatable bonds is 2. The zero-order valence-corrected chi connectivity index (χ0v) is 10.1. The van der Waals surface area contributed by atoms with Crippen LogP contribution in [-0.4, -0.2) is 22.4 Å². The summed E-state index contributed by atoms with van der Waals surface area (Å²) in [5.41, 5.74) is 1.25. The molecule has 0 spiro atoms. The molecule has 1 aliphatic carbocycles. The van der Waals surface area contributed by atoms with E-state index >= 15 is 0 Å². The number of allylic oxidation sites excluding steroid dienone is 2. The fourth-order valence-corrected chi connectivity index (χ4v) is 2.43. The van der Waals surface area contributed by atoms with Crippen LogP contribution in [0.25, 0.3) is 0 Å². The van der Waals surface area contributed by atoms with E-state index in [1.54, 1.807) is 6.92 Å². The largest absolute Gasteiger partial charge is 0.389 e. The molecule has 1 rings (SSSR count). The first-order valence-corrected chi connectivity index (χ1v) is 5.55. The Hall–Kier alpha value is -0.600. The van der Waals surface area contributed by atoms with Crippen molar-refractivity contribution < 1.29 is 10.2 Å². The highest BCUT2D eigenvalue weighted by Gasteiger charge is 2.34. The van der Waals surface area contributed by atoms with Gasteiger partial charge in [-0.2, -0.15) is 0 Å². The lowest BCUT2D eigenvalue weighted by molar-refractivity contribution is 0.117. The van der Waals surface area contributed by atoms with Gasteiger partial charge in [0, 0.05) is 5.92 Å². The van der Waals surface area contributed by atoms with Gasteiger partial charge in [-0.05, 0) is 25.7 Å². The summed E-state index contributed by atoms with van der Waals surface area (Å²) in [5, 5.41) is 18.9. The van der Waals surface area contributed by atoms with E-state index in [0.717, 1.165) is 6.42 Å². The zero-order valence-electron chi connectivity index (χ0n) is 10.1. The van der Waals surface area contributed by atoms with Crippen LogP contribution in [0.1, 0.15) is 34.1 Å². The maximum absolute atomic E-state index is 9.66. The third-order valence-corrected chi connectivity index (χ3v) is 3.11. The van der Waals surface area contributed by atoms with Crippen LogP contribution in [0.15, 0.2) is 23.8 Å². The van der Waals surface area contributed by atoms with Crippen molar-refractivity contribution in [2.45, 2.75) is 46.3 Å². The summed E-state index contributed by atoms with van der Waals surface area (Å²) in [6, 6.07) is 0. The van der Waals surface area contributed by atoms with Gasteiger partial charge in [-0.15, -0.1) is 0 Å². The maximum Gasteiger partial charge on any atom is 0.0729 e. The second-order valence-corrected chi connectivity index (χ2v) is 5.27. The molecule has 0 aromatic rings. The molecular weight excluding hydrogens is 188 g/mol. The summed E-state index contributed by atoms with van der Waals surface area (Å²) in [7, 11) is 0. The predicted octanol–water partition coefficient (Wildman–Crippen LogP) is 2.28. The highest BCUT2D eigenvalue weighted by atomic mass is 16.3. The monoisotopic (exact) mass is 210 g/mol. The van der Waals surface area contributed by atoms with Gasteiger partial charge in [0.1, 0.15) is 0 Å². The van der Waals surface area contributed by atoms with Crippen molar-refractivity contribution in [3.05, 3.63) is 23.8 Å². The molecule has 0 unspecified atom stereocenters. The number of aliphatic hydroxyl groups excluding tert-OH is 2. The molecule has 3 atom stereocenters. The molecule has 15 heavy (non-hydrogen) atoms. The van der Waals surface area contributed by atoms with E-state index < -0.39 is 6.10 Å². The number of hydrogen-bond acceptors (Lipinski definition) is 2. The Balaban J connectivity index is 2.89. The first kappa shape index (κ1) is 12.5. The van der Waals surface area contributed by atoms with Crippen LogP contribution in [0.2, 0.25) is 0 Å². The Kier molecular flexibility index (Phi) is 3.74. The zero-order chi connectivity index (χ0) is 11.6. The highest BCUT2D eigenvalue weighted by molar-refractivity contribution is 5.21. The smallest absolute Gasteiger partial charge is 0.0729 e. The molecule has 2 N–H and O–H groups in total. The summed E-state index contributed by atoms with van der Waals surface area (Å²) in [4.78, 5) is 0. The van der Waals surface area contributed by atoms with Crippen molar-refractivity contribution in [3.8, 4) is 0 Å². The lowest BCUT2D eigenvalue weighted by atomic mass is 9.68. The van der Waals surface area contributed by atoms with Crippen molar-refractivity contribution in [1.82, 2.24) is 0 Å². The van der Waals surface area contributed by atoms with Crippen LogP contribution in [-0.2, 0) is 0 Å². The number of aliphatic hydroxyl groups is 2. The summed E-state index contributed by atoms with van der Waals surface area (Å²) in [5.74, 6) is 0.315. The predicted molar refractivity (Wildman–Crippen MR) is 62.5 cm³/mol. The van der Waals surface area contributed by atoms with Gasteiger partial charge in [-0.3, -0.25) is 0 Å². The summed E-state index contributed by atoms with van der Waals surface area (Å²) < 4.78 is 0. The van der Waals surface area contributed by atoms with Crippen molar-refractivity contribution in [2.75, 3.05) is 0 Å². The Morgan fingerprint density at radius 3 is 2.60 bits per heavy atom. The molecule has 1 aliphatic rings. The van der Waals surface area contributed by atoms with E-state index in [1.807, 2.05) is 19.1 Å². The fourth-order valence-electron chi connectivity index (χ4n) is 2.43. The Morgan fingerprint density at radius 2 is 2.13 bits per heavy atom. The van der Waals surface area contributed by atoms with E-state index in [4.69, 9.17) is 0 Å². The van der Waals surface area contributed by atoms with Crippen molar-refractivity contribution in [1.29, 1.82) is 0 Å². The summed E-state index contributed by atoms with van der Waals surface area (Å²) in [6.45, 7) is 8.11. The Morgan fingerprint density at radius 1 is 1.53 bits per heavy atom. The lowest BCUT2D eigenvalue weighted by Gasteiger charge is -2.38. The minimum absolute atomic E-state index is 0.0592. The maximum atomic E-state index is 9.66. The third kappa shape index (κ3) is 3.18. The normalized spacial score (nSPS) is 32.8. The van der Waals surface area contributed by atoms with Gasteiger partial charge >= 0.3 is 0 Å². The van der Waals surface area contributed by atoms with E-state index in [1.165, 1.54) is 5.57 Å². The van der Waals surface area contributed by atoms with Gasteiger partial charge in [0.05, 0.1) is 12.2 Å². The number of hydrogen-bond donors (Lipinski definition) is 2. The van der Waals surface area contributed by atoms with Gasteiger partial charge < -0.3 is 10.2 Å². The second kappa shape index (κ2) is 4.50. The highest BCUT2D eigenvalue weighted by Crippen LogP contribution is 2.41. The van der Waals surface area contributed by atoms with Crippen LogP contribution in [0.5, 0.6) is 0 Å². The molecule has 0 saturated carbocycles. The van der Waals surface area contributed by atoms with E-state index in [-0.39, 0.29) is 11.5 Å². The van der Waals surface area contributed by atoms with Gasteiger partial charge in [0.2, 0.25) is 0 Å². The molecular formula is C13H22O2. The van der Waals surface area contributed by atoms with E-state index in [9.17, 15) is 10.2 Å². The van der Waals surface area contributed by atoms with Gasteiger partial charge in [0.15, 0.2) is 0 Å². The molecule has 86 valence electrons. The Labute approximate surface area is 92.3 Å². The quantitative estimate of drug-likeness (QED) is 0.686. The molecule has 2 heteroatoms. The molecule has 0 saturated heterocycles. The van der Waals surface area contributed by atoms with Crippen molar-refractivity contribution in [3.63, 3.8) is 0 Å². The molecule has 0 amide bonds. The molecule has 0 heterocycles. The standard InChI is InChI=1S/C13H22O2/c1-9-7-11(15)8-13(3,4)12(9)6-5-10(2)14/h5-7,10-12,14-15H,8H2,1-4H3/b6-5+/t10-,11+,12-/m0/s1. The summed E-state index contributed by atoms with van der Waals surface area (Å²) >= 11 is 0. The molecule has 0 aromatic carbocycles. The van der Waals surface area contributed by atoms with Gasteiger partial charge in [-0.1, -0.05) is 37.6 Å². The first-order chi connectivity index (χ1) is 6.83. The molecule has 0 radical (unpaired) electrons. The minimum atomic E-state index is -0.402. The van der Waals surface area contributed by atoms with E-state index in [2.05, 4.69) is 19.9 Å². The molecule has 0 fully saturated rings. The van der Waals surface area contributed by atoms with Crippen LogP contribution in [0.3, 0.4) is 0 Å². The topological polar surface area (TPSA) is 40.5 Å². The molecule has 2 nitrogen and oxygen atoms in total.